The molecule has 4 atom stereocenters. The minimum Gasteiger partial charge on any atom is -0.493 e. The highest BCUT2D eigenvalue weighted by Gasteiger charge is 2.52. The number of hydrogen-bond donors (Lipinski definition) is 1. The Morgan fingerprint density at radius 3 is 2.78 bits per heavy atom. The van der Waals surface area contributed by atoms with E-state index in [1.54, 1.807) is 18.2 Å². The number of carboxylic acid groups (broad SMARTS) is 1. The highest BCUT2D eigenvalue weighted by molar-refractivity contribution is 6.31. The van der Waals surface area contributed by atoms with Gasteiger partial charge in [0.05, 0.1) is 24.9 Å². The molecule has 2 saturated carbocycles. The van der Waals surface area contributed by atoms with Crippen LogP contribution in [0.25, 0.3) is 11.1 Å². The van der Waals surface area contributed by atoms with Gasteiger partial charge in [0.2, 0.25) is 5.91 Å². The summed E-state index contributed by atoms with van der Waals surface area (Å²) in [5, 5.41) is 14.6. The van der Waals surface area contributed by atoms with Crippen LogP contribution in [0.5, 0.6) is 5.75 Å². The Morgan fingerprint density at radius 1 is 1.10 bits per heavy atom. The van der Waals surface area contributed by atoms with E-state index in [0.717, 1.165) is 53.1 Å². The van der Waals surface area contributed by atoms with E-state index in [9.17, 15) is 14.7 Å². The normalized spacial score (nSPS) is 22.0. The van der Waals surface area contributed by atoms with Crippen molar-refractivity contribution in [1.82, 2.24) is 9.78 Å². The first kappa shape index (κ1) is 25.8. The van der Waals surface area contributed by atoms with Gasteiger partial charge in [0.1, 0.15) is 5.75 Å². The van der Waals surface area contributed by atoms with Gasteiger partial charge in [0, 0.05) is 46.4 Å². The molecule has 3 aromatic carbocycles. The van der Waals surface area contributed by atoms with E-state index in [2.05, 4.69) is 17.2 Å². The number of anilines is 1. The van der Waals surface area contributed by atoms with E-state index in [1.807, 2.05) is 59.2 Å². The van der Waals surface area contributed by atoms with Gasteiger partial charge in [0.15, 0.2) is 0 Å². The molecule has 3 aliphatic rings. The summed E-state index contributed by atoms with van der Waals surface area (Å²) in [6, 6.07) is 18.8. The highest BCUT2D eigenvalue weighted by atomic mass is 35.5. The maximum Gasteiger partial charge on any atom is 0.335 e. The van der Waals surface area contributed by atoms with Crippen LogP contribution in [0.3, 0.4) is 0 Å². The fraction of sp³-hybridized carbons (Fsp3) is 0.303. The summed E-state index contributed by atoms with van der Waals surface area (Å²) in [7, 11) is 0. The minimum absolute atomic E-state index is 0.0226. The first-order valence-corrected chi connectivity index (χ1v) is 14.4. The second-order valence-electron chi connectivity index (χ2n) is 11.5. The number of carbonyl (C=O) groups excluding carboxylic acids is 1. The number of halogens is 1. The lowest BCUT2D eigenvalue weighted by Gasteiger charge is -2.31. The molecule has 0 bridgehead atoms. The minimum atomic E-state index is -0.941. The Morgan fingerprint density at radius 2 is 1.93 bits per heavy atom. The zero-order valence-electron chi connectivity index (χ0n) is 22.7. The van der Waals surface area contributed by atoms with E-state index in [0.29, 0.717) is 30.0 Å². The molecule has 1 aliphatic heterocycles. The molecule has 8 heteroatoms. The predicted molar refractivity (Wildman–Crippen MR) is 157 cm³/mol. The zero-order valence-corrected chi connectivity index (χ0v) is 23.4. The highest BCUT2D eigenvalue weighted by Crippen LogP contribution is 2.58. The second-order valence-corrected chi connectivity index (χ2v) is 11.9. The number of rotatable bonds is 8. The van der Waals surface area contributed by atoms with Crippen molar-refractivity contribution in [2.24, 2.45) is 17.8 Å². The molecule has 41 heavy (non-hydrogen) atoms. The summed E-state index contributed by atoms with van der Waals surface area (Å²) < 4.78 is 7.89. The van der Waals surface area contributed by atoms with E-state index in [-0.39, 0.29) is 23.3 Å². The SMILES string of the molecule is Cc1c(Cl)cccc1OCC1CC1C(=O)N1C[C@@H]2C[C@@H]2c2c(-c3cnn(Cc4cccc(C(=O)O)c4)c3)cccc21. The van der Waals surface area contributed by atoms with Gasteiger partial charge in [-0.15, -0.1) is 0 Å². The molecule has 2 heterocycles. The molecule has 2 aliphatic carbocycles. The Bertz CT molecular complexity index is 1680. The number of benzene rings is 3. The average molecular weight is 568 g/mol. The molecule has 2 fully saturated rings. The van der Waals surface area contributed by atoms with Crippen molar-refractivity contribution >= 4 is 29.2 Å². The van der Waals surface area contributed by atoms with Gasteiger partial charge in [0.25, 0.3) is 0 Å². The number of ether oxygens (including phenoxy) is 1. The lowest BCUT2D eigenvalue weighted by molar-refractivity contribution is -0.120. The number of fused-ring (bicyclic) bond motifs is 3. The molecule has 208 valence electrons. The monoisotopic (exact) mass is 567 g/mol. The molecule has 2 unspecified atom stereocenters. The van der Waals surface area contributed by atoms with Crippen LogP contribution in [0.1, 0.15) is 45.8 Å². The molecule has 7 nitrogen and oxygen atoms in total. The molecule has 1 N–H and O–H groups in total. The van der Waals surface area contributed by atoms with Gasteiger partial charge in [-0.3, -0.25) is 9.48 Å². The molecule has 0 radical (unpaired) electrons. The third-order valence-corrected chi connectivity index (χ3v) is 9.13. The summed E-state index contributed by atoms with van der Waals surface area (Å²) >= 11 is 6.24. The summed E-state index contributed by atoms with van der Waals surface area (Å²) in [4.78, 5) is 27.1. The Kier molecular flexibility index (Phi) is 6.35. The van der Waals surface area contributed by atoms with Crippen LogP contribution in [-0.2, 0) is 11.3 Å². The molecule has 0 spiro atoms. The first-order valence-electron chi connectivity index (χ1n) is 14.0. The van der Waals surface area contributed by atoms with Crippen LogP contribution in [0.2, 0.25) is 5.02 Å². The van der Waals surface area contributed by atoms with Crippen LogP contribution in [0.15, 0.2) is 73.1 Å². The third kappa shape index (κ3) is 4.88. The van der Waals surface area contributed by atoms with Crippen LogP contribution < -0.4 is 9.64 Å². The van der Waals surface area contributed by atoms with Crippen molar-refractivity contribution in [3.05, 3.63) is 100 Å². The number of carboxylic acids is 1. The van der Waals surface area contributed by atoms with Gasteiger partial charge in [-0.2, -0.15) is 5.10 Å². The molecule has 4 aromatic rings. The number of amides is 1. The molecular weight excluding hydrogens is 538 g/mol. The topological polar surface area (TPSA) is 84.7 Å². The van der Waals surface area contributed by atoms with Crippen LogP contribution in [0.4, 0.5) is 5.69 Å². The third-order valence-electron chi connectivity index (χ3n) is 8.72. The van der Waals surface area contributed by atoms with Crippen molar-refractivity contribution in [2.45, 2.75) is 32.2 Å². The maximum absolute atomic E-state index is 13.8. The maximum atomic E-state index is 13.8. The Balaban J connectivity index is 1.08. The van der Waals surface area contributed by atoms with E-state index < -0.39 is 5.97 Å². The Labute approximate surface area is 243 Å². The van der Waals surface area contributed by atoms with E-state index >= 15 is 0 Å². The van der Waals surface area contributed by atoms with Crippen molar-refractivity contribution in [3.8, 4) is 16.9 Å². The fourth-order valence-corrected chi connectivity index (χ4v) is 6.39. The zero-order chi connectivity index (χ0) is 28.2. The van der Waals surface area contributed by atoms with Crippen LogP contribution >= 0.6 is 11.6 Å². The Hall–Kier alpha value is -4.10. The summed E-state index contributed by atoms with van der Waals surface area (Å²) in [6.07, 6.45) is 5.80. The van der Waals surface area contributed by atoms with Crippen molar-refractivity contribution in [3.63, 3.8) is 0 Å². The molecule has 7 rings (SSSR count). The number of aromatic nitrogens is 2. The van der Waals surface area contributed by atoms with Crippen molar-refractivity contribution in [2.75, 3.05) is 18.1 Å². The largest absolute Gasteiger partial charge is 0.493 e. The number of aromatic carboxylic acids is 1. The van der Waals surface area contributed by atoms with Crippen LogP contribution in [-0.4, -0.2) is 39.9 Å². The summed E-state index contributed by atoms with van der Waals surface area (Å²) in [5.41, 5.74) is 6.45. The standard InChI is InChI=1S/C33H30ClN3O4/c1-19-28(34)8-4-10-30(19)41-18-23-13-27(23)32(38)37-17-22-12-26(22)31-25(7-3-9-29(31)37)24-14-35-36(16-24)15-20-5-2-6-21(11-20)33(39)40/h2-11,14,16,22-23,26-27H,12-13,15,17-18H2,1H3,(H,39,40)/t22-,23?,26-,27?/m0/s1. The molecule has 1 amide bonds. The fourth-order valence-electron chi connectivity index (χ4n) is 6.23. The van der Waals surface area contributed by atoms with E-state index in [1.165, 1.54) is 5.56 Å². The average Bonchev–Trinajstić information content (AvgIpc) is 3.89. The quantitative estimate of drug-likeness (QED) is 0.265. The molecular formula is C33H30ClN3O4. The van der Waals surface area contributed by atoms with Crippen LogP contribution in [0, 0.1) is 24.7 Å². The van der Waals surface area contributed by atoms with Gasteiger partial charge < -0.3 is 14.7 Å². The lowest BCUT2D eigenvalue weighted by Crippen LogP contribution is -2.37. The van der Waals surface area contributed by atoms with Gasteiger partial charge in [-0.05, 0) is 78.6 Å². The molecule has 1 aromatic heterocycles. The predicted octanol–water partition coefficient (Wildman–Crippen LogP) is 6.42. The van der Waals surface area contributed by atoms with Gasteiger partial charge >= 0.3 is 5.97 Å². The van der Waals surface area contributed by atoms with E-state index in [4.69, 9.17) is 16.3 Å². The lowest BCUT2D eigenvalue weighted by atomic mass is 9.92. The van der Waals surface area contributed by atoms with Crippen molar-refractivity contribution < 1.29 is 19.4 Å². The van der Waals surface area contributed by atoms with Crippen molar-refractivity contribution in [1.29, 1.82) is 0 Å². The first-order chi connectivity index (χ1) is 19.9. The van der Waals surface area contributed by atoms with Gasteiger partial charge in [-0.25, -0.2) is 4.79 Å². The number of carbonyl (C=O) groups is 2. The number of hydrogen-bond acceptors (Lipinski definition) is 4. The smallest absolute Gasteiger partial charge is 0.335 e. The summed E-state index contributed by atoms with van der Waals surface area (Å²) in [5.74, 6) is 1.17. The number of nitrogens with zero attached hydrogens (tertiary/aromatic N) is 3. The second kappa shape index (κ2) is 10.1. The van der Waals surface area contributed by atoms with Gasteiger partial charge in [-0.1, -0.05) is 41.9 Å². The molecule has 0 saturated heterocycles. The summed E-state index contributed by atoms with van der Waals surface area (Å²) in [6.45, 7) is 3.71.